The van der Waals surface area contributed by atoms with Gasteiger partial charge in [-0.05, 0) is 30.5 Å². The molecule has 0 bridgehead atoms. The molecule has 1 aromatic rings. The van der Waals surface area contributed by atoms with Gasteiger partial charge in [-0.1, -0.05) is 12.1 Å². The number of hydrogen-bond acceptors (Lipinski definition) is 3. The summed E-state index contributed by atoms with van der Waals surface area (Å²) in [4.78, 5) is 0. The number of ether oxygens (including phenoxy) is 2. The highest BCUT2D eigenvalue weighted by molar-refractivity contribution is 5.31. The molecule has 0 aliphatic heterocycles. The molecule has 3 nitrogen and oxygen atoms in total. The Bertz CT molecular complexity index is 466. The molecule has 2 N–H and O–H groups in total. The van der Waals surface area contributed by atoms with Crippen LogP contribution in [0.3, 0.4) is 0 Å². The first kappa shape index (κ1) is 16.0. The van der Waals surface area contributed by atoms with Crippen molar-refractivity contribution >= 4 is 0 Å². The third-order valence-electron chi connectivity index (χ3n) is 3.02. The van der Waals surface area contributed by atoms with Crippen molar-refractivity contribution in [3.05, 3.63) is 29.8 Å². The molecule has 1 aliphatic rings. The minimum absolute atomic E-state index is 0.234. The molecule has 1 unspecified atom stereocenters. The van der Waals surface area contributed by atoms with Crippen LogP contribution in [0.25, 0.3) is 0 Å². The third-order valence-corrected chi connectivity index (χ3v) is 3.02. The first-order valence-corrected chi connectivity index (χ1v) is 6.64. The monoisotopic (exact) mass is 307 g/mol. The van der Waals surface area contributed by atoms with Crippen molar-refractivity contribution in [1.82, 2.24) is 0 Å². The summed E-state index contributed by atoms with van der Waals surface area (Å²) >= 11 is 0. The van der Waals surface area contributed by atoms with Gasteiger partial charge in [-0.15, -0.1) is 0 Å². The Morgan fingerprint density at radius 3 is 2.62 bits per heavy atom. The summed E-state index contributed by atoms with van der Waals surface area (Å²) in [5.74, 6) is -3.50. The Labute approximate surface area is 120 Å². The lowest BCUT2D eigenvalue weighted by atomic mass is 10.1. The van der Waals surface area contributed by atoms with E-state index in [9.17, 15) is 17.6 Å². The summed E-state index contributed by atoms with van der Waals surface area (Å²) in [5.41, 5.74) is 6.45. The Balaban J connectivity index is 1.83. The highest BCUT2D eigenvalue weighted by Crippen LogP contribution is 2.28. The van der Waals surface area contributed by atoms with Gasteiger partial charge < -0.3 is 15.2 Å². The lowest BCUT2D eigenvalue weighted by Crippen LogP contribution is -2.33. The maximum Gasteiger partial charge on any atom is 0.330 e. The van der Waals surface area contributed by atoms with E-state index in [2.05, 4.69) is 4.74 Å². The van der Waals surface area contributed by atoms with E-state index in [4.69, 9.17) is 10.5 Å². The molecular formula is C14H17F4NO2. The van der Waals surface area contributed by atoms with Crippen molar-refractivity contribution in [2.75, 3.05) is 13.2 Å². The second-order valence-electron chi connectivity index (χ2n) is 5.07. The van der Waals surface area contributed by atoms with Crippen LogP contribution in [0.5, 0.6) is 5.75 Å². The highest BCUT2D eigenvalue weighted by atomic mass is 19.3. The van der Waals surface area contributed by atoms with Gasteiger partial charge in [-0.25, -0.2) is 8.78 Å². The van der Waals surface area contributed by atoms with E-state index >= 15 is 0 Å². The molecule has 118 valence electrons. The molecule has 1 aliphatic carbocycles. The summed E-state index contributed by atoms with van der Waals surface area (Å²) in [6.07, 6.45) is -1.48. The lowest BCUT2D eigenvalue weighted by Gasteiger charge is -2.18. The van der Waals surface area contributed by atoms with Crippen LogP contribution in [-0.2, 0) is 4.74 Å². The molecule has 0 spiro atoms. The Morgan fingerprint density at radius 2 is 2.00 bits per heavy atom. The SMILES string of the molecule is NC(COCC(F)(F)C(F)F)c1cccc(OC2CC2)c1. The third kappa shape index (κ3) is 4.86. The molecule has 21 heavy (non-hydrogen) atoms. The van der Waals surface area contributed by atoms with Crippen molar-refractivity contribution in [1.29, 1.82) is 0 Å². The van der Waals surface area contributed by atoms with E-state index in [0.29, 0.717) is 11.3 Å². The van der Waals surface area contributed by atoms with Crippen LogP contribution in [-0.4, -0.2) is 31.7 Å². The number of nitrogens with two attached hydrogens (primary N) is 1. The fourth-order valence-corrected chi connectivity index (χ4v) is 1.68. The van der Waals surface area contributed by atoms with E-state index in [1.54, 1.807) is 24.3 Å². The molecule has 1 fully saturated rings. The van der Waals surface area contributed by atoms with Crippen molar-refractivity contribution in [2.24, 2.45) is 5.73 Å². The lowest BCUT2D eigenvalue weighted by molar-refractivity contribution is -0.166. The topological polar surface area (TPSA) is 44.5 Å². The molecule has 1 atom stereocenters. The average Bonchev–Trinajstić information content (AvgIpc) is 3.22. The quantitative estimate of drug-likeness (QED) is 0.750. The van der Waals surface area contributed by atoms with Gasteiger partial charge in [-0.2, -0.15) is 8.78 Å². The van der Waals surface area contributed by atoms with E-state index in [-0.39, 0.29) is 12.7 Å². The van der Waals surface area contributed by atoms with E-state index in [1.165, 1.54) is 0 Å². The average molecular weight is 307 g/mol. The Hall–Kier alpha value is -1.34. The maximum absolute atomic E-state index is 12.7. The van der Waals surface area contributed by atoms with E-state index < -0.39 is 25.0 Å². The molecule has 1 aromatic carbocycles. The summed E-state index contributed by atoms with van der Waals surface area (Å²) < 4.78 is 59.5. The summed E-state index contributed by atoms with van der Waals surface area (Å²) in [6, 6.07) is 6.25. The largest absolute Gasteiger partial charge is 0.490 e. The van der Waals surface area contributed by atoms with Crippen LogP contribution in [0.2, 0.25) is 0 Å². The molecule has 0 heterocycles. The van der Waals surface area contributed by atoms with Crippen LogP contribution in [0, 0.1) is 0 Å². The predicted molar refractivity (Wildman–Crippen MR) is 68.8 cm³/mol. The van der Waals surface area contributed by atoms with Crippen LogP contribution in [0.4, 0.5) is 17.6 Å². The number of benzene rings is 1. The number of halogens is 4. The van der Waals surface area contributed by atoms with Crippen molar-refractivity contribution in [3.8, 4) is 5.75 Å². The Morgan fingerprint density at radius 1 is 1.29 bits per heavy atom. The first-order valence-electron chi connectivity index (χ1n) is 6.64. The normalized spacial score (nSPS) is 17.0. The van der Waals surface area contributed by atoms with Gasteiger partial charge in [0.1, 0.15) is 12.4 Å². The molecule has 2 rings (SSSR count). The smallest absolute Gasteiger partial charge is 0.330 e. The Kier molecular flexibility index (Phi) is 5.05. The van der Waals surface area contributed by atoms with Gasteiger partial charge in [0, 0.05) is 0 Å². The number of alkyl halides is 4. The summed E-state index contributed by atoms with van der Waals surface area (Å²) in [6.45, 7) is -1.62. The first-order chi connectivity index (χ1) is 9.88. The molecule has 7 heteroatoms. The fourth-order valence-electron chi connectivity index (χ4n) is 1.68. The molecular weight excluding hydrogens is 290 g/mol. The fraction of sp³-hybridized carbons (Fsp3) is 0.571. The maximum atomic E-state index is 12.7. The zero-order valence-corrected chi connectivity index (χ0v) is 11.3. The molecule has 0 radical (unpaired) electrons. The van der Waals surface area contributed by atoms with Gasteiger partial charge >= 0.3 is 12.3 Å². The van der Waals surface area contributed by atoms with Gasteiger partial charge in [0.05, 0.1) is 18.8 Å². The molecule has 0 saturated heterocycles. The second-order valence-corrected chi connectivity index (χ2v) is 5.07. The van der Waals surface area contributed by atoms with Gasteiger partial charge in [0.25, 0.3) is 0 Å². The van der Waals surface area contributed by atoms with Crippen molar-refractivity contribution in [2.45, 2.75) is 37.3 Å². The van der Waals surface area contributed by atoms with Crippen molar-refractivity contribution in [3.63, 3.8) is 0 Å². The summed E-state index contributed by atoms with van der Waals surface area (Å²) in [7, 11) is 0. The molecule has 0 amide bonds. The van der Waals surface area contributed by atoms with Crippen molar-refractivity contribution < 1.29 is 27.0 Å². The van der Waals surface area contributed by atoms with Gasteiger partial charge in [0.2, 0.25) is 0 Å². The second kappa shape index (κ2) is 6.62. The number of rotatable bonds is 8. The summed E-state index contributed by atoms with van der Waals surface area (Å²) in [5, 5.41) is 0. The van der Waals surface area contributed by atoms with Gasteiger partial charge in [0.15, 0.2) is 0 Å². The predicted octanol–water partition coefficient (Wildman–Crippen LogP) is 3.14. The minimum atomic E-state index is -4.16. The van der Waals surface area contributed by atoms with Gasteiger partial charge in [-0.3, -0.25) is 0 Å². The van der Waals surface area contributed by atoms with Crippen LogP contribution in [0.1, 0.15) is 24.4 Å². The minimum Gasteiger partial charge on any atom is -0.490 e. The molecule has 1 saturated carbocycles. The zero-order valence-electron chi connectivity index (χ0n) is 11.3. The standard InChI is InChI=1S/C14H17F4NO2/c15-13(16)14(17,18)8-20-7-12(19)9-2-1-3-11(6-9)21-10-4-5-10/h1-3,6,10,12-13H,4-5,7-8,19H2. The van der Waals surface area contributed by atoms with Crippen LogP contribution >= 0.6 is 0 Å². The van der Waals surface area contributed by atoms with E-state index in [0.717, 1.165) is 12.8 Å². The number of hydrogen-bond donors (Lipinski definition) is 1. The highest BCUT2D eigenvalue weighted by Gasteiger charge is 2.41. The molecule has 0 aromatic heterocycles. The zero-order chi connectivity index (χ0) is 15.5. The van der Waals surface area contributed by atoms with Crippen LogP contribution < -0.4 is 10.5 Å². The van der Waals surface area contributed by atoms with E-state index in [1.807, 2.05) is 0 Å². The van der Waals surface area contributed by atoms with Crippen LogP contribution in [0.15, 0.2) is 24.3 Å².